The highest BCUT2D eigenvalue weighted by Gasteiger charge is 2.04. The number of esters is 1. The molecule has 5 nitrogen and oxygen atoms in total. The Kier molecular flexibility index (Phi) is 2.59. The van der Waals surface area contributed by atoms with Gasteiger partial charge >= 0.3 is 5.97 Å². The zero-order valence-corrected chi connectivity index (χ0v) is 6.20. The van der Waals surface area contributed by atoms with Gasteiger partial charge in [-0.25, -0.2) is 0 Å². The lowest BCUT2D eigenvalue weighted by Crippen LogP contribution is -2.07. The van der Waals surface area contributed by atoms with Crippen LogP contribution >= 0.6 is 0 Å². The fourth-order valence-electron chi connectivity index (χ4n) is 0.670. The first kappa shape index (κ1) is 7.71. The number of hydrogen-bond acceptors (Lipinski definition) is 4. The van der Waals surface area contributed by atoms with E-state index in [9.17, 15) is 4.79 Å². The van der Waals surface area contributed by atoms with Crippen LogP contribution in [-0.4, -0.2) is 28.0 Å². The highest BCUT2D eigenvalue weighted by Crippen LogP contribution is 1.92. The number of rotatable bonds is 3. The van der Waals surface area contributed by atoms with E-state index in [0.717, 1.165) is 0 Å². The van der Waals surface area contributed by atoms with Gasteiger partial charge < -0.3 is 4.74 Å². The van der Waals surface area contributed by atoms with Crippen molar-refractivity contribution in [1.29, 1.82) is 0 Å². The van der Waals surface area contributed by atoms with E-state index in [4.69, 9.17) is 4.74 Å². The van der Waals surface area contributed by atoms with Crippen LogP contribution in [0.15, 0.2) is 6.20 Å². The molecular formula is C6H9N3O2. The molecule has 60 valence electrons. The maximum atomic E-state index is 10.8. The molecule has 0 amide bonds. The predicted octanol–water partition coefficient (Wildman–Crippen LogP) is -0.0897. The van der Waals surface area contributed by atoms with Gasteiger partial charge in [-0.05, 0) is 6.92 Å². The molecule has 1 aromatic heterocycles. The maximum Gasteiger partial charge on any atom is 0.311 e. The topological polar surface area (TPSA) is 67.9 Å². The Hall–Kier alpha value is -1.39. The lowest BCUT2D eigenvalue weighted by molar-refractivity contribution is -0.142. The smallest absolute Gasteiger partial charge is 0.311 e. The molecule has 0 fully saturated rings. The van der Waals surface area contributed by atoms with Gasteiger partial charge in [0.25, 0.3) is 0 Å². The van der Waals surface area contributed by atoms with E-state index >= 15 is 0 Å². The van der Waals surface area contributed by atoms with E-state index in [1.807, 2.05) is 0 Å². The number of carbonyl (C=O) groups is 1. The molecular weight excluding hydrogens is 146 g/mol. The van der Waals surface area contributed by atoms with E-state index in [2.05, 4.69) is 15.4 Å². The fraction of sp³-hybridized carbons (Fsp3) is 0.500. The number of carbonyl (C=O) groups excluding carboxylic acids is 1. The molecule has 0 saturated carbocycles. The molecule has 0 aliphatic carbocycles. The molecule has 0 atom stereocenters. The molecule has 1 N–H and O–H groups in total. The van der Waals surface area contributed by atoms with E-state index in [1.54, 1.807) is 6.92 Å². The van der Waals surface area contributed by atoms with Crippen molar-refractivity contribution in [2.75, 3.05) is 6.61 Å². The Balaban J connectivity index is 2.37. The van der Waals surface area contributed by atoms with E-state index < -0.39 is 0 Å². The summed E-state index contributed by atoms with van der Waals surface area (Å²) in [4.78, 5) is 10.8. The number of nitrogens with zero attached hydrogens (tertiary/aromatic N) is 2. The normalized spacial score (nSPS) is 9.55. The largest absolute Gasteiger partial charge is 0.466 e. The monoisotopic (exact) mass is 155 g/mol. The third kappa shape index (κ3) is 2.37. The highest BCUT2D eigenvalue weighted by atomic mass is 16.5. The summed E-state index contributed by atoms with van der Waals surface area (Å²) in [5, 5.41) is 9.66. The van der Waals surface area contributed by atoms with Crippen LogP contribution in [0.1, 0.15) is 12.6 Å². The zero-order valence-electron chi connectivity index (χ0n) is 6.20. The first-order valence-electron chi connectivity index (χ1n) is 3.33. The highest BCUT2D eigenvalue weighted by molar-refractivity contribution is 5.71. The van der Waals surface area contributed by atoms with Gasteiger partial charge in [0.1, 0.15) is 0 Å². The van der Waals surface area contributed by atoms with E-state index in [-0.39, 0.29) is 12.4 Å². The second-order valence-electron chi connectivity index (χ2n) is 1.94. The van der Waals surface area contributed by atoms with Gasteiger partial charge in [0.05, 0.1) is 24.9 Å². The minimum absolute atomic E-state index is 0.185. The van der Waals surface area contributed by atoms with Crippen LogP contribution in [0.4, 0.5) is 0 Å². The SMILES string of the molecule is CCOC(=O)Cc1cn[nH]n1. The second-order valence-corrected chi connectivity index (χ2v) is 1.94. The molecule has 1 aromatic rings. The number of hydrogen-bond donors (Lipinski definition) is 1. The summed E-state index contributed by atoms with van der Waals surface area (Å²) in [5.41, 5.74) is 0.600. The second kappa shape index (κ2) is 3.70. The average Bonchev–Trinajstić information content (AvgIpc) is 2.40. The van der Waals surface area contributed by atoms with E-state index in [1.165, 1.54) is 6.20 Å². The van der Waals surface area contributed by atoms with Crippen molar-refractivity contribution < 1.29 is 9.53 Å². The predicted molar refractivity (Wildman–Crippen MR) is 36.7 cm³/mol. The van der Waals surface area contributed by atoms with Crippen LogP contribution in [-0.2, 0) is 16.0 Å². The summed E-state index contributed by atoms with van der Waals surface area (Å²) in [6.45, 7) is 2.16. The lowest BCUT2D eigenvalue weighted by Gasteiger charge is -1.96. The van der Waals surface area contributed by atoms with Gasteiger partial charge in [-0.2, -0.15) is 15.4 Å². The van der Waals surface area contributed by atoms with Crippen LogP contribution < -0.4 is 0 Å². The van der Waals surface area contributed by atoms with Gasteiger partial charge in [-0.3, -0.25) is 4.79 Å². The van der Waals surface area contributed by atoms with Gasteiger partial charge in [0.15, 0.2) is 0 Å². The minimum Gasteiger partial charge on any atom is -0.466 e. The molecule has 0 unspecified atom stereocenters. The minimum atomic E-state index is -0.276. The van der Waals surface area contributed by atoms with Gasteiger partial charge in [-0.1, -0.05) is 0 Å². The van der Waals surface area contributed by atoms with Gasteiger partial charge in [0, 0.05) is 0 Å². The molecule has 11 heavy (non-hydrogen) atoms. The summed E-state index contributed by atoms with van der Waals surface area (Å²) < 4.78 is 4.69. The summed E-state index contributed by atoms with van der Waals surface area (Å²) in [5.74, 6) is -0.276. The quantitative estimate of drug-likeness (QED) is 0.619. The average molecular weight is 155 g/mol. The number of nitrogens with one attached hydrogen (secondary N) is 1. The van der Waals surface area contributed by atoms with Crippen molar-refractivity contribution in [3.05, 3.63) is 11.9 Å². The summed E-state index contributed by atoms with van der Waals surface area (Å²) in [7, 11) is 0. The first-order valence-corrected chi connectivity index (χ1v) is 3.33. The Labute approximate surface area is 63.8 Å². The number of aromatic amines is 1. The zero-order chi connectivity index (χ0) is 8.10. The molecule has 0 aromatic carbocycles. The van der Waals surface area contributed by atoms with Crippen LogP contribution in [0.5, 0.6) is 0 Å². The molecule has 1 heterocycles. The molecule has 0 bridgehead atoms. The molecule has 0 aliphatic rings. The number of aromatic nitrogens is 3. The van der Waals surface area contributed by atoms with Crippen molar-refractivity contribution in [2.45, 2.75) is 13.3 Å². The Morgan fingerprint density at radius 2 is 2.64 bits per heavy atom. The van der Waals surface area contributed by atoms with Crippen molar-refractivity contribution in [3.8, 4) is 0 Å². The molecule has 0 radical (unpaired) electrons. The standard InChI is InChI=1S/C6H9N3O2/c1-2-11-6(10)3-5-4-7-9-8-5/h4H,2-3H2,1H3,(H,7,8,9). The Morgan fingerprint density at radius 3 is 3.18 bits per heavy atom. The fourth-order valence-corrected chi connectivity index (χ4v) is 0.670. The van der Waals surface area contributed by atoms with Crippen LogP contribution in [0.25, 0.3) is 0 Å². The summed E-state index contributed by atoms with van der Waals surface area (Å²) >= 11 is 0. The van der Waals surface area contributed by atoms with Crippen molar-refractivity contribution in [2.24, 2.45) is 0 Å². The Bertz CT molecular complexity index is 220. The molecule has 0 aliphatic heterocycles. The summed E-state index contributed by atoms with van der Waals surface area (Å²) in [6, 6.07) is 0. The summed E-state index contributed by atoms with van der Waals surface area (Å²) in [6.07, 6.45) is 1.68. The Morgan fingerprint density at radius 1 is 1.82 bits per heavy atom. The van der Waals surface area contributed by atoms with Gasteiger partial charge in [0.2, 0.25) is 0 Å². The maximum absolute atomic E-state index is 10.8. The number of H-pyrrole nitrogens is 1. The van der Waals surface area contributed by atoms with Crippen molar-refractivity contribution in [3.63, 3.8) is 0 Å². The van der Waals surface area contributed by atoms with Crippen LogP contribution in [0, 0.1) is 0 Å². The first-order chi connectivity index (χ1) is 5.33. The van der Waals surface area contributed by atoms with Crippen molar-refractivity contribution in [1.82, 2.24) is 15.4 Å². The van der Waals surface area contributed by atoms with Gasteiger partial charge in [-0.15, -0.1) is 0 Å². The van der Waals surface area contributed by atoms with E-state index in [0.29, 0.717) is 12.3 Å². The lowest BCUT2D eigenvalue weighted by atomic mass is 10.3. The number of ether oxygens (including phenoxy) is 1. The molecule has 1 rings (SSSR count). The van der Waals surface area contributed by atoms with Crippen molar-refractivity contribution >= 4 is 5.97 Å². The third-order valence-electron chi connectivity index (χ3n) is 1.10. The third-order valence-corrected chi connectivity index (χ3v) is 1.10. The molecule has 0 saturated heterocycles. The molecule has 5 heteroatoms. The van der Waals surface area contributed by atoms with Crippen LogP contribution in [0.3, 0.4) is 0 Å². The van der Waals surface area contributed by atoms with Crippen LogP contribution in [0.2, 0.25) is 0 Å². The molecule has 0 spiro atoms.